The molecule has 0 aromatic carbocycles. The average molecular weight is 226 g/mol. The lowest BCUT2D eigenvalue weighted by molar-refractivity contribution is -0.137. The van der Waals surface area contributed by atoms with Gasteiger partial charge >= 0.3 is 5.97 Å². The highest BCUT2D eigenvalue weighted by Gasteiger charge is 2.25. The molecule has 1 heterocycles. The first kappa shape index (κ1) is 13.2. The first-order chi connectivity index (χ1) is 7.65. The molecule has 0 aromatic heterocycles. The van der Waals surface area contributed by atoms with Gasteiger partial charge in [0.15, 0.2) is 0 Å². The normalized spacial score (nSPS) is 27.3. The van der Waals surface area contributed by atoms with Crippen LogP contribution in [0.1, 0.15) is 26.2 Å². The number of carboxylic acid groups (broad SMARTS) is 1. The van der Waals surface area contributed by atoms with E-state index in [9.17, 15) is 4.79 Å². The maximum Gasteiger partial charge on any atom is 0.303 e. The molecule has 92 valence electrons. The van der Waals surface area contributed by atoms with Crippen LogP contribution in [-0.4, -0.2) is 47.7 Å². The van der Waals surface area contributed by atoms with Crippen molar-refractivity contribution in [1.29, 1.82) is 0 Å². The fraction of sp³-hybridized carbons (Fsp3) is 0.750. The SMILES string of the molecule is C=CCN1C(C)CCNCC1CCC(=O)O. The van der Waals surface area contributed by atoms with Gasteiger partial charge in [0.25, 0.3) is 0 Å². The third-order valence-corrected chi connectivity index (χ3v) is 3.19. The van der Waals surface area contributed by atoms with Gasteiger partial charge in [-0.3, -0.25) is 9.69 Å². The zero-order valence-corrected chi connectivity index (χ0v) is 9.98. The average Bonchev–Trinajstić information content (AvgIpc) is 2.40. The molecule has 0 spiro atoms. The number of carboxylic acids is 1. The summed E-state index contributed by atoms with van der Waals surface area (Å²) in [4.78, 5) is 13.0. The van der Waals surface area contributed by atoms with Gasteiger partial charge in [-0.15, -0.1) is 6.58 Å². The Kier molecular flexibility index (Phi) is 5.49. The quantitative estimate of drug-likeness (QED) is 0.689. The molecular weight excluding hydrogens is 204 g/mol. The fourth-order valence-corrected chi connectivity index (χ4v) is 2.26. The molecule has 1 fully saturated rings. The second-order valence-electron chi connectivity index (χ2n) is 4.41. The van der Waals surface area contributed by atoms with Crippen molar-refractivity contribution < 1.29 is 9.90 Å². The largest absolute Gasteiger partial charge is 0.481 e. The summed E-state index contributed by atoms with van der Waals surface area (Å²) >= 11 is 0. The second kappa shape index (κ2) is 6.66. The van der Waals surface area contributed by atoms with Gasteiger partial charge in [-0.05, 0) is 26.3 Å². The molecule has 1 rings (SSSR count). The number of nitrogens with zero attached hydrogens (tertiary/aromatic N) is 1. The Morgan fingerprint density at radius 3 is 3.06 bits per heavy atom. The summed E-state index contributed by atoms with van der Waals surface area (Å²) < 4.78 is 0. The molecule has 1 aliphatic heterocycles. The summed E-state index contributed by atoms with van der Waals surface area (Å²) in [5, 5.41) is 12.1. The minimum atomic E-state index is -0.713. The van der Waals surface area contributed by atoms with Gasteiger partial charge in [0.05, 0.1) is 0 Å². The van der Waals surface area contributed by atoms with Gasteiger partial charge in [-0.25, -0.2) is 0 Å². The Bertz CT molecular complexity index is 243. The van der Waals surface area contributed by atoms with Crippen LogP contribution in [-0.2, 0) is 4.79 Å². The van der Waals surface area contributed by atoms with Crippen molar-refractivity contribution in [3.8, 4) is 0 Å². The summed E-state index contributed by atoms with van der Waals surface area (Å²) in [5.41, 5.74) is 0. The molecule has 2 unspecified atom stereocenters. The summed E-state index contributed by atoms with van der Waals surface area (Å²) in [6, 6.07) is 0.804. The van der Waals surface area contributed by atoms with Crippen LogP contribution in [0.3, 0.4) is 0 Å². The van der Waals surface area contributed by atoms with Crippen LogP contribution >= 0.6 is 0 Å². The van der Waals surface area contributed by atoms with Gasteiger partial charge < -0.3 is 10.4 Å². The van der Waals surface area contributed by atoms with Crippen LogP contribution in [0, 0.1) is 0 Å². The van der Waals surface area contributed by atoms with Crippen LogP contribution in [0.2, 0.25) is 0 Å². The molecule has 2 N–H and O–H groups in total. The number of hydrogen-bond donors (Lipinski definition) is 2. The Morgan fingerprint density at radius 1 is 1.69 bits per heavy atom. The highest BCUT2D eigenvalue weighted by atomic mass is 16.4. The Labute approximate surface area is 97.3 Å². The summed E-state index contributed by atoms with van der Waals surface area (Å²) in [6.07, 6.45) is 3.96. The smallest absolute Gasteiger partial charge is 0.303 e. The second-order valence-corrected chi connectivity index (χ2v) is 4.41. The maximum atomic E-state index is 10.6. The van der Waals surface area contributed by atoms with Gasteiger partial charge in [0.2, 0.25) is 0 Å². The van der Waals surface area contributed by atoms with E-state index in [0.29, 0.717) is 18.5 Å². The highest BCUT2D eigenvalue weighted by molar-refractivity contribution is 5.66. The molecular formula is C12H22N2O2. The Balaban J connectivity index is 2.58. The van der Waals surface area contributed by atoms with E-state index >= 15 is 0 Å². The van der Waals surface area contributed by atoms with Crippen LogP contribution in [0.15, 0.2) is 12.7 Å². The lowest BCUT2D eigenvalue weighted by Gasteiger charge is -2.33. The van der Waals surface area contributed by atoms with E-state index in [4.69, 9.17) is 5.11 Å². The van der Waals surface area contributed by atoms with Crippen molar-refractivity contribution in [3.05, 3.63) is 12.7 Å². The molecule has 16 heavy (non-hydrogen) atoms. The van der Waals surface area contributed by atoms with Gasteiger partial charge in [0.1, 0.15) is 0 Å². The van der Waals surface area contributed by atoms with Crippen molar-refractivity contribution in [3.63, 3.8) is 0 Å². The topological polar surface area (TPSA) is 52.6 Å². The summed E-state index contributed by atoms with van der Waals surface area (Å²) in [6.45, 7) is 8.70. The lowest BCUT2D eigenvalue weighted by atomic mass is 10.1. The number of aliphatic carboxylic acids is 1. The number of hydrogen-bond acceptors (Lipinski definition) is 3. The lowest BCUT2D eigenvalue weighted by Crippen LogP contribution is -2.43. The van der Waals surface area contributed by atoms with Gasteiger partial charge in [0, 0.05) is 31.6 Å². The third kappa shape index (κ3) is 3.94. The standard InChI is InChI=1S/C12H22N2O2/c1-3-8-14-10(2)6-7-13-9-11(14)4-5-12(15)16/h3,10-11,13H,1,4-9H2,2H3,(H,15,16). The zero-order valence-electron chi connectivity index (χ0n) is 9.98. The van der Waals surface area contributed by atoms with E-state index in [1.807, 2.05) is 6.08 Å². The monoisotopic (exact) mass is 226 g/mol. The molecule has 0 amide bonds. The zero-order chi connectivity index (χ0) is 12.0. The molecule has 4 heteroatoms. The molecule has 0 aliphatic carbocycles. The summed E-state index contributed by atoms with van der Waals surface area (Å²) in [7, 11) is 0. The van der Waals surface area contributed by atoms with E-state index in [1.54, 1.807) is 0 Å². The molecule has 0 radical (unpaired) electrons. The van der Waals surface area contributed by atoms with Crippen LogP contribution in [0.5, 0.6) is 0 Å². The minimum Gasteiger partial charge on any atom is -0.481 e. The predicted molar refractivity (Wildman–Crippen MR) is 64.5 cm³/mol. The first-order valence-electron chi connectivity index (χ1n) is 5.94. The van der Waals surface area contributed by atoms with E-state index in [1.165, 1.54) is 0 Å². The molecule has 0 bridgehead atoms. The van der Waals surface area contributed by atoms with E-state index in [2.05, 4.69) is 23.7 Å². The highest BCUT2D eigenvalue weighted by Crippen LogP contribution is 2.15. The number of rotatable bonds is 5. The fourth-order valence-electron chi connectivity index (χ4n) is 2.26. The molecule has 0 aromatic rings. The van der Waals surface area contributed by atoms with Crippen LogP contribution < -0.4 is 5.32 Å². The molecule has 0 saturated carbocycles. The molecule has 2 atom stereocenters. The van der Waals surface area contributed by atoms with Crippen molar-refractivity contribution in [1.82, 2.24) is 10.2 Å². The van der Waals surface area contributed by atoms with Crippen molar-refractivity contribution in [2.75, 3.05) is 19.6 Å². The van der Waals surface area contributed by atoms with Crippen molar-refractivity contribution >= 4 is 5.97 Å². The van der Waals surface area contributed by atoms with Crippen LogP contribution in [0.25, 0.3) is 0 Å². The third-order valence-electron chi connectivity index (χ3n) is 3.19. The van der Waals surface area contributed by atoms with Crippen molar-refractivity contribution in [2.45, 2.75) is 38.3 Å². The summed E-state index contributed by atoms with van der Waals surface area (Å²) in [5.74, 6) is -0.713. The van der Waals surface area contributed by atoms with E-state index < -0.39 is 5.97 Å². The Morgan fingerprint density at radius 2 is 2.44 bits per heavy atom. The van der Waals surface area contributed by atoms with Gasteiger partial charge in [-0.2, -0.15) is 0 Å². The predicted octanol–water partition coefficient (Wildman–Crippen LogP) is 1.09. The van der Waals surface area contributed by atoms with Gasteiger partial charge in [-0.1, -0.05) is 6.08 Å². The minimum absolute atomic E-state index is 0.243. The molecule has 1 saturated heterocycles. The van der Waals surface area contributed by atoms with Crippen LogP contribution in [0.4, 0.5) is 0 Å². The first-order valence-corrected chi connectivity index (χ1v) is 5.94. The Hall–Kier alpha value is -0.870. The number of nitrogens with one attached hydrogen (secondary N) is 1. The van der Waals surface area contributed by atoms with E-state index in [-0.39, 0.29) is 6.42 Å². The van der Waals surface area contributed by atoms with E-state index in [0.717, 1.165) is 26.1 Å². The molecule has 4 nitrogen and oxygen atoms in total. The number of carbonyl (C=O) groups is 1. The van der Waals surface area contributed by atoms with Crippen molar-refractivity contribution in [2.24, 2.45) is 0 Å². The maximum absolute atomic E-state index is 10.6. The molecule has 1 aliphatic rings.